The first-order valence-corrected chi connectivity index (χ1v) is 5.89. The number of ether oxygens (including phenoxy) is 1. The summed E-state index contributed by atoms with van der Waals surface area (Å²) >= 11 is 5.82. The van der Waals surface area contributed by atoms with Crippen molar-refractivity contribution in [2.45, 2.75) is 25.5 Å². The molecule has 1 aromatic rings. The first-order chi connectivity index (χ1) is 7.77. The van der Waals surface area contributed by atoms with E-state index in [0.717, 1.165) is 13.0 Å². The molecule has 1 aromatic carbocycles. The molecule has 0 saturated carbocycles. The van der Waals surface area contributed by atoms with Crippen molar-refractivity contribution in [1.82, 2.24) is 5.32 Å². The van der Waals surface area contributed by atoms with Crippen LogP contribution >= 0.6 is 11.6 Å². The van der Waals surface area contributed by atoms with Crippen LogP contribution < -0.4 is 5.32 Å². The topological polar surface area (TPSA) is 21.3 Å². The van der Waals surface area contributed by atoms with Crippen LogP contribution in [0.25, 0.3) is 0 Å². The second-order valence-electron chi connectivity index (χ2n) is 4.02. The summed E-state index contributed by atoms with van der Waals surface area (Å²) in [6.45, 7) is 2.09. The maximum absolute atomic E-state index is 13.1. The number of hydrogen-bond donors (Lipinski definition) is 1. The summed E-state index contributed by atoms with van der Waals surface area (Å²) in [4.78, 5) is 0. The van der Waals surface area contributed by atoms with E-state index in [4.69, 9.17) is 16.3 Å². The van der Waals surface area contributed by atoms with Gasteiger partial charge in [0.1, 0.15) is 5.82 Å². The summed E-state index contributed by atoms with van der Waals surface area (Å²) in [6, 6.07) is 5.22. The third-order valence-electron chi connectivity index (χ3n) is 2.77. The molecule has 2 nitrogen and oxygen atoms in total. The van der Waals surface area contributed by atoms with E-state index in [1.54, 1.807) is 12.1 Å². The molecule has 1 aliphatic rings. The minimum Gasteiger partial charge on any atom is -0.375 e. The molecular weight excluding hydrogens is 229 g/mol. The zero-order chi connectivity index (χ0) is 11.4. The molecule has 88 valence electrons. The van der Waals surface area contributed by atoms with E-state index in [9.17, 15) is 4.39 Å². The van der Waals surface area contributed by atoms with Crippen molar-refractivity contribution in [2.75, 3.05) is 13.2 Å². The van der Waals surface area contributed by atoms with Crippen LogP contribution in [0.5, 0.6) is 0 Å². The van der Waals surface area contributed by atoms with Gasteiger partial charge in [0.2, 0.25) is 0 Å². The minimum absolute atomic E-state index is 0.168. The van der Waals surface area contributed by atoms with Crippen molar-refractivity contribution in [2.24, 2.45) is 0 Å². The summed E-state index contributed by atoms with van der Waals surface area (Å²) in [5.74, 6) is -0.387. The largest absolute Gasteiger partial charge is 0.375 e. The van der Waals surface area contributed by atoms with E-state index >= 15 is 0 Å². The summed E-state index contributed by atoms with van der Waals surface area (Å²) in [7, 11) is 0. The molecule has 1 unspecified atom stereocenters. The zero-order valence-corrected chi connectivity index (χ0v) is 9.77. The highest BCUT2D eigenvalue weighted by Crippen LogP contribution is 2.20. The molecule has 0 radical (unpaired) electrons. The van der Waals surface area contributed by atoms with Crippen LogP contribution in [0.1, 0.15) is 18.4 Å². The molecule has 16 heavy (non-hydrogen) atoms. The van der Waals surface area contributed by atoms with Gasteiger partial charge in [-0.1, -0.05) is 23.7 Å². The fourth-order valence-corrected chi connectivity index (χ4v) is 2.05. The Morgan fingerprint density at radius 2 is 2.38 bits per heavy atom. The fourth-order valence-electron chi connectivity index (χ4n) is 1.87. The fraction of sp³-hybridized carbons (Fsp3) is 0.500. The highest BCUT2D eigenvalue weighted by atomic mass is 35.5. The summed E-state index contributed by atoms with van der Waals surface area (Å²) in [6.07, 6.45) is 2.35. The third-order valence-corrected chi connectivity index (χ3v) is 3.19. The number of hydrogen-bond acceptors (Lipinski definition) is 2. The molecule has 0 aliphatic carbocycles. The van der Waals surface area contributed by atoms with Gasteiger partial charge in [0, 0.05) is 6.04 Å². The Bertz CT molecular complexity index is 353. The summed E-state index contributed by atoms with van der Waals surface area (Å²) in [5.41, 5.74) is 0.708. The molecule has 1 saturated heterocycles. The van der Waals surface area contributed by atoms with Gasteiger partial charge in [0.15, 0.2) is 0 Å². The smallest absolute Gasteiger partial charge is 0.142 e. The first-order valence-electron chi connectivity index (χ1n) is 5.51. The second-order valence-corrected chi connectivity index (χ2v) is 4.40. The summed E-state index contributed by atoms with van der Waals surface area (Å²) in [5, 5.41) is 3.51. The van der Waals surface area contributed by atoms with Gasteiger partial charge in [0.05, 0.1) is 18.2 Å². The van der Waals surface area contributed by atoms with Gasteiger partial charge in [-0.3, -0.25) is 0 Å². The highest BCUT2D eigenvalue weighted by Gasteiger charge is 2.14. The van der Waals surface area contributed by atoms with Crippen LogP contribution in [0.3, 0.4) is 0 Å². The number of benzene rings is 1. The highest BCUT2D eigenvalue weighted by molar-refractivity contribution is 6.31. The number of nitrogens with one attached hydrogen (secondary N) is 1. The van der Waals surface area contributed by atoms with E-state index in [1.165, 1.54) is 12.5 Å². The van der Waals surface area contributed by atoms with Gasteiger partial charge in [-0.05, 0) is 31.0 Å². The molecule has 1 N–H and O–H groups in total. The van der Waals surface area contributed by atoms with E-state index in [1.807, 2.05) is 0 Å². The normalized spacial score (nSPS) is 20.2. The van der Waals surface area contributed by atoms with E-state index < -0.39 is 0 Å². The molecular formula is C12H15ClFNO. The lowest BCUT2D eigenvalue weighted by Gasteiger charge is -2.11. The number of rotatable bonds is 4. The Kier molecular flexibility index (Phi) is 4.16. The van der Waals surface area contributed by atoms with Gasteiger partial charge in [-0.25, -0.2) is 4.39 Å². The van der Waals surface area contributed by atoms with Crippen LogP contribution in [0.4, 0.5) is 4.39 Å². The Morgan fingerprint density at radius 3 is 3.12 bits per heavy atom. The average molecular weight is 244 g/mol. The average Bonchev–Trinajstić information content (AvgIpc) is 2.77. The van der Waals surface area contributed by atoms with Crippen LogP contribution in [0.2, 0.25) is 5.02 Å². The Balaban J connectivity index is 1.82. The van der Waals surface area contributed by atoms with Crippen molar-refractivity contribution in [3.63, 3.8) is 0 Å². The minimum atomic E-state index is -0.387. The van der Waals surface area contributed by atoms with Gasteiger partial charge in [-0.2, -0.15) is 0 Å². The molecule has 4 heteroatoms. The van der Waals surface area contributed by atoms with Gasteiger partial charge in [0.25, 0.3) is 0 Å². The van der Waals surface area contributed by atoms with E-state index in [0.29, 0.717) is 24.8 Å². The van der Waals surface area contributed by atoms with E-state index in [2.05, 4.69) is 5.32 Å². The molecule has 0 amide bonds. The Labute approximate surface area is 99.7 Å². The maximum atomic E-state index is 13.1. The lowest BCUT2D eigenvalue weighted by molar-refractivity contribution is 0.103. The van der Waals surface area contributed by atoms with Gasteiger partial charge >= 0.3 is 0 Å². The quantitative estimate of drug-likeness (QED) is 0.878. The number of halogens is 2. The molecule has 1 aliphatic heterocycles. The van der Waals surface area contributed by atoms with E-state index in [-0.39, 0.29) is 10.8 Å². The van der Waals surface area contributed by atoms with Crippen LogP contribution in [0.15, 0.2) is 18.2 Å². The zero-order valence-electron chi connectivity index (χ0n) is 9.01. The molecule has 1 atom stereocenters. The molecule has 0 aromatic heterocycles. The van der Waals surface area contributed by atoms with Crippen LogP contribution in [0, 0.1) is 5.82 Å². The van der Waals surface area contributed by atoms with Crippen molar-refractivity contribution >= 4 is 11.6 Å². The molecule has 1 heterocycles. The maximum Gasteiger partial charge on any atom is 0.142 e. The van der Waals surface area contributed by atoms with Gasteiger partial charge in [-0.15, -0.1) is 0 Å². The Morgan fingerprint density at radius 1 is 1.50 bits per heavy atom. The molecule has 2 rings (SSSR count). The first kappa shape index (κ1) is 11.8. The standard InChI is InChI=1S/C12H15ClFNO/c13-12-9(3-1-5-11(12)14)7-16-8-10-4-2-6-15-10/h1,3,5,10,15H,2,4,6-8H2. The lowest BCUT2D eigenvalue weighted by Crippen LogP contribution is -2.26. The Hall–Kier alpha value is -0.640. The van der Waals surface area contributed by atoms with Crippen LogP contribution in [-0.2, 0) is 11.3 Å². The lowest BCUT2D eigenvalue weighted by atomic mass is 10.2. The predicted octanol–water partition coefficient (Wildman–Crippen LogP) is 2.75. The molecule has 1 fully saturated rings. The van der Waals surface area contributed by atoms with Crippen molar-refractivity contribution in [3.8, 4) is 0 Å². The summed E-state index contributed by atoms with van der Waals surface area (Å²) < 4.78 is 18.6. The molecule has 0 spiro atoms. The van der Waals surface area contributed by atoms with Crippen molar-refractivity contribution in [3.05, 3.63) is 34.6 Å². The van der Waals surface area contributed by atoms with Gasteiger partial charge < -0.3 is 10.1 Å². The SMILES string of the molecule is Fc1cccc(COCC2CCCN2)c1Cl. The van der Waals surface area contributed by atoms with Crippen molar-refractivity contribution in [1.29, 1.82) is 0 Å². The predicted molar refractivity (Wildman–Crippen MR) is 62.1 cm³/mol. The molecule has 0 bridgehead atoms. The van der Waals surface area contributed by atoms with Crippen molar-refractivity contribution < 1.29 is 9.13 Å². The van der Waals surface area contributed by atoms with Crippen LogP contribution in [-0.4, -0.2) is 19.2 Å². The monoisotopic (exact) mass is 243 g/mol. The third kappa shape index (κ3) is 2.94. The second kappa shape index (κ2) is 5.62.